The maximum Gasteiger partial charge on any atom is 0.337 e. The Bertz CT molecular complexity index is 526. The molecule has 0 amide bonds. The number of aromatic carboxylic acids is 1. The molecule has 0 saturated heterocycles. The van der Waals surface area contributed by atoms with Crippen molar-refractivity contribution in [3.05, 3.63) is 24.0 Å². The molecule has 18 heavy (non-hydrogen) atoms. The predicted octanol–water partition coefficient (Wildman–Crippen LogP) is 1.57. The number of hydrogen-bond acceptors (Lipinski definition) is 4. The summed E-state index contributed by atoms with van der Waals surface area (Å²) < 4.78 is 25.7. The Morgan fingerprint density at radius 2 is 2.17 bits per heavy atom. The molecule has 1 rings (SSSR count). The smallest absolute Gasteiger partial charge is 0.337 e. The van der Waals surface area contributed by atoms with Gasteiger partial charge in [-0.3, -0.25) is 9.71 Å². The Labute approximate surface area is 106 Å². The average Bonchev–Trinajstić information content (AvgIpc) is 2.26. The van der Waals surface area contributed by atoms with E-state index in [-0.39, 0.29) is 22.9 Å². The minimum atomic E-state index is -3.54. The van der Waals surface area contributed by atoms with Crippen LogP contribution in [0.5, 0.6) is 0 Å². The summed E-state index contributed by atoms with van der Waals surface area (Å²) in [5.74, 6) is -0.980. The predicted molar refractivity (Wildman–Crippen MR) is 68.1 cm³/mol. The monoisotopic (exact) mass is 272 g/mol. The van der Waals surface area contributed by atoms with Crippen LogP contribution in [0.25, 0.3) is 0 Å². The SMILES string of the molecule is CC(C)CCS(=O)(=O)Nc1cnccc1C(=O)O. The molecular formula is C11H16N2O4S. The third kappa shape index (κ3) is 4.33. The Balaban J connectivity index is 2.87. The van der Waals surface area contributed by atoms with Gasteiger partial charge in [-0.2, -0.15) is 0 Å². The highest BCUT2D eigenvalue weighted by Crippen LogP contribution is 2.16. The van der Waals surface area contributed by atoms with Crippen LogP contribution in [0, 0.1) is 5.92 Å². The molecular weight excluding hydrogens is 256 g/mol. The summed E-state index contributed by atoms with van der Waals surface area (Å²) in [4.78, 5) is 14.6. The van der Waals surface area contributed by atoms with Crippen LogP contribution in [0.3, 0.4) is 0 Å². The van der Waals surface area contributed by atoms with Gasteiger partial charge in [-0.05, 0) is 18.4 Å². The second kappa shape index (κ2) is 5.81. The van der Waals surface area contributed by atoms with Crippen molar-refractivity contribution in [1.29, 1.82) is 0 Å². The highest BCUT2D eigenvalue weighted by molar-refractivity contribution is 7.92. The van der Waals surface area contributed by atoms with Gasteiger partial charge in [0.25, 0.3) is 0 Å². The fraction of sp³-hybridized carbons (Fsp3) is 0.455. The highest BCUT2D eigenvalue weighted by Gasteiger charge is 2.16. The number of rotatable bonds is 6. The van der Waals surface area contributed by atoms with Crippen molar-refractivity contribution >= 4 is 21.7 Å². The van der Waals surface area contributed by atoms with Crippen molar-refractivity contribution in [1.82, 2.24) is 4.98 Å². The number of nitrogens with zero attached hydrogens (tertiary/aromatic N) is 1. The minimum absolute atomic E-state index is 0.00578. The lowest BCUT2D eigenvalue weighted by Crippen LogP contribution is -2.19. The zero-order chi connectivity index (χ0) is 13.8. The van der Waals surface area contributed by atoms with Gasteiger partial charge in [0, 0.05) is 6.20 Å². The topological polar surface area (TPSA) is 96.4 Å². The lowest BCUT2D eigenvalue weighted by molar-refractivity contribution is 0.0698. The molecule has 2 N–H and O–H groups in total. The third-order valence-corrected chi connectivity index (χ3v) is 3.58. The fourth-order valence-electron chi connectivity index (χ4n) is 1.27. The van der Waals surface area contributed by atoms with Crippen LogP contribution < -0.4 is 4.72 Å². The van der Waals surface area contributed by atoms with Gasteiger partial charge in [0.15, 0.2) is 0 Å². The number of sulfonamides is 1. The minimum Gasteiger partial charge on any atom is -0.478 e. The van der Waals surface area contributed by atoms with Crippen molar-refractivity contribution in [2.24, 2.45) is 5.92 Å². The Kier molecular flexibility index (Phi) is 4.66. The second-order valence-corrected chi connectivity index (χ2v) is 6.17. The molecule has 0 aliphatic rings. The van der Waals surface area contributed by atoms with Gasteiger partial charge in [0.2, 0.25) is 10.0 Å². The first-order chi connectivity index (χ1) is 8.32. The zero-order valence-electron chi connectivity index (χ0n) is 10.3. The maximum absolute atomic E-state index is 11.7. The molecule has 0 unspecified atom stereocenters. The number of pyridine rings is 1. The van der Waals surface area contributed by atoms with E-state index in [0.717, 1.165) is 0 Å². The standard InChI is InChI=1S/C11H16N2O4S/c1-8(2)4-6-18(16,17)13-10-7-12-5-3-9(10)11(14)15/h3,5,7-8,13H,4,6H2,1-2H3,(H,14,15). The quantitative estimate of drug-likeness (QED) is 0.819. The van der Waals surface area contributed by atoms with E-state index in [4.69, 9.17) is 5.11 Å². The molecule has 1 heterocycles. The molecule has 0 atom stereocenters. The number of carbonyl (C=O) groups is 1. The van der Waals surface area contributed by atoms with Crippen molar-refractivity contribution in [2.75, 3.05) is 10.5 Å². The average molecular weight is 272 g/mol. The van der Waals surface area contributed by atoms with E-state index < -0.39 is 16.0 Å². The van der Waals surface area contributed by atoms with Crippen molar-refractivity contribution in [3.8, 4) is 0 Å². The molecule has 0 radical (unpaired) electrons. The molecule has 1 aromatic heterocycles. The zero-order valence-corrected chi connectivity index (χ0v) is 11.1. The molecule has 7 heteroatoms. The van der Waals surface area contributed by atoms with Crippen LogP contribution in [-0.4, -0.2) is 30.2 Å². The third-order valence-electron chi connectivity index (χ3n) is 2.28. The molecule has 0 aliphatic carbocycles. The van der Waals surface area contributed by atoms with Crippen LogP contribution in [0.4, 0.5) is 5.69 Å². The van der Waals surface area contributed by atoms with E-state index in [9.17, 15) is 13.2 Å². The van der Waals surface area contributed by atoms with Gasteiger partial charge < -0.3 is 5.11 Å². The lowest BCUT2D eigenvalue weighted by Gasteiger charge is -2.10. The molecule has 0 bridgehead atoms. The van der Waals surface area contributed by atoms with Crippen LogP contribution in [0.2, 0.25) is 0 Å². The van der Waals surface area contributed by atoms with Gasteiger partial charge in [-0.15, -0.1) is 0 Å². The summed E-state index contributed by atoms with van der Waals surface area (Å²) >= 11 is 0. The first-order valence-electron chi connectivity index (χ1n) is 5.49. The van der Waals surface area contributed by atoms with Gasteiger partial charge in [-0.25, -0.2) is 13.2 Å². The van der Waals surface area contributed by atoms with Crippen molar-refractivity contribution in [3.63, 3.8) is 0 Å². The number of carboxylic acids is 1. The second-order valence-electron chi connectivity index (χ2n) is 4.33. The summed E-state index contributed by atoms with van der Waals surface area (Å²) in [7, 11) is -3.54. The van der Waals surface area contributed by atoms with Crippen LogP contribution >= 0.6 is 0 Å². The summed E-state index contributed by atoms with van der Waals surface area (Å²) in [6.45, 7) is 3.84. The molecule has 1 aromatic rings. The fourth-order valence-corrected chi connectivity index (χ4v) is 2.65. The van der Waals surface area contributed by atoms with Crippen LogP contribution in [0.15, 0.2) is 18.5 Å². The number of carboxylic acid groups (broad SMARTS) is 1. The molecule has 0 spiro atoms. The van der Waals surface area contributed by atoms with Gasteiger partial charge in [0.05, 0.1) is 23.2 Å². The van der Waals surface area contributed by atoms with Crippen molar-refractivity contribution < 1.29 is 18.3 Å². The Hall–Kier alpha value is -1.63. The molecule has 0 aliphatic heterocycles. The number of anilines is 1. The van der Waals surface area contributed by atoms with Gasteiger partial charge in [0.1, 0.15) is 0 Å². The Morgan fingerprint density at radius 1 is 1.50 bits per heavy atom. The lowest BCUT2D eigenvalue weighted by atomic mass is 10.2. The summed E-state index contributed by atoms with van der Waals surface area (Å²) in [6.07, 6.45) is 3.00. The normalized spacial score (nSPS) is 11.5. The summed E-state index contributed by atoms with van der Waals surface area (Å²) in [6, 6.07) is 1.25. The number of aromatic nitrogens is 1. The first kappa shape index (κ1) is 14.4. The number of nitrogens with one attached hydrogen (secondary N) is 1. The molecule has 0 fully saturated rings. The highest BCUT2D eigenvalue weighted by atomic mass is 32.2. The molecule has 6 nitrogen and oxygen atoms in total. The van der Waals surface area contributed by atoms with Crippen molar-refractivity contribution in [2.45, 2.75) is 20.3 Å². The van der Waals surface area contributed by atoms with E-state index in [1.165, 1.54) is 18.5 Å². The molecule has 0 aromatic carbocycles. The van der Waals surface area contributed by atoms with Crippen LogP contribution in [-0.2, 0) is 10.0 Å². The van der Waals surface area contributed by atoms with Gasteiger partial charge in [-0.1, -0.05) is 13.8 Å². The van der Waals surface area contributed by atoms with E-state index in [2.05, 4.69) is 9.71 Å². The summed E-state index contributed by atoms with van der Waals surface area (Å²) in [5, 5.41) is 8.92. The number of hydrogen-bond donors (Lipinski definition) is 2. The van der Waals surface area contributed by atoms with E-state index in [0.29, 0.717) is 6.42 Å². The van der Waals surface area contributed by atoms with E-state index >= 15 is 0 Å². The summed E-state index contributed by atoms with van der Waals surface area (Å²) in [5.41, 5.74) is -0.119. The molecule has 100 valence electrons. The molecule has 0 saturated carbocycles. The Morgan fingerprint density at radius 3 is 2.72 bits per heavy atom. The van der Waals surface area contributed by atoms with Crippen LogP contribution in [0.1, 0.15) is 30.6 Å². The van der Waals surface area contributed by atoms with E-state index in [1.807, 2.05) is 13.8 Å². The maximum atomic E-state index is 11.7. The van der Waals surface area contributed by atoms with Gasteiger partial charge >= 0.3 is 5.97 Å². The first-order valence-corrected chi connectivity index (χ1v) is 7.15. The van der Waals surface area contributed by atoms with E-state index in [1.54, 1.807) is 0 Å². The largest absolute Gasteiger partial charge is 0.478 e.